The molecule has 0 aliphatic rings. The Labute approximate surface area is 147 Å². The molecule has 0 amide bonds. The zero-order chi connectivity index (χ0) is 18.4. The largest absolute Gasteiger partial charge is 0.481 e. The van der Waals surface area contributed by atoms with Crippen molar-refractivity contribution in [2.45, 2.75) is 13.8 Å². The van der Waals surface area contributed by atoms with Crippen molar-refractivity contribution in [2.75, 3.05) is 7.11 Å². The first-order valence-corrected chi connectivity index (χ1v) is 7.81. The summed E-state index contributed by atoms with van der Waals surface area (Å²) in [5.41, 5.74) is 3.59. The summed E-state index contributed by atoms with van der Waals surface area (Å²) in [7, 11) is 1.52. The predicted molar refractivity (Wildman–Crippen MR) is 92.2 cm³/mol. The molecule has 0 saturated carbocycles. The number of rotatable bonds is 2. The number of ether oxygens (including phenoxy) is 1. The molecule has 4 heterocycles. The Balaban J connectivity index is 2.21. The lowest BCUT2D eigenvalue weighted by Crippen LogP contribution is -2.02. The number of aryl methyl sites for hydroxylation is 2. The highest BCUT2D eigenvalue weighted by Gasteiger charge is 2.20. The fourth-order valence-corrected chi connectivity index (χ4v) is 3.00. The van der Waals surface area contributed by atoms with E-state index in [-0.39, 0.29) is 5.69 Å². The lowest BCUT2D eigenvalue weighted by atomic mass is 10.2. The summed E-state index contributed by atoms with van der Waals surface area (Å²) >= 11 is 0. The van der Waals surface area contributed by atoms with Gasteiger partial charge in [0, 0.05) is 11.6 Å². The smallest absolute Gasteiger partial charge is 0.215 e. The molecule has 7 nitrogen and oxygen atoms in total. The van der Waals surface area contributed by atoms with Gasteiger partial charge >= 0.3 is 0 Å². The number of pyridine rings is 2. The molecule has 0 unspecified atom stereocenters. The van der Waals surface area contributed by atoms with Crippen molar-refractivity contribution < 1.29 is 9.13 Å². The lowest BCUT2D eigenvalue weighted by molar-refractivity contribution is 0.399. The molecule has 0 saturated heterocycles. The number of halogens is 1. The molecule has 0 radical (unpaired) electrons. The Morgan fingerprint density at radius 2 is 1.85 bits per heavy atom. The summed E-state index contributed by atoms with van der Waals surface area (Å²) in [6, 6.07) is 8.42. The van der Waals surface area contributed by atoms with Crippen LogP contribution in [0.15, 0.2) is 24.3 Å². The SMILES string of the molecule is COc1ccc2nc(C#N)c3c(C)nc(-c4ccc(F)nc4C)n3c2n1. The van der Waals surface area contributed by atoms with Gasteiger partial charge in [0.2, 0.25) is 11.8 Å². The first-order valence-electron chi connectivity index (χ1n) is 7.81. The molecular formula is C18H13FN6O. The maximum absolute atomic E-state index is 13.4. The van der Waals surface area contributed by atoms with Gasteiger partial charge in [-0.25, -0.2) is 15.0 Å². The van der Waals surface area contributed by atoms with Crippen LogP contribution in [-0.2, 0) is 0 Å². The molecule has 0 bridgehead atoms. The average Bonchev–Trinajstić information content (AvgIpc) is 2.98. The van der Waals surface area contributed by atoms with Crippen molar-refractivity contribution in [3.63, 3.8) is 0 Å². The van der Waals surface area contributed by atoms with Crippen LogP contribution in [0.2, 0.25) is 0 Å². The average molecular weight is 348 g/mol. The minimum absolute atomic E-state index is 0.244. The summed E-state index contributed by atoms with van der Waals surface area (Å²) in [4.78, 5) is 17.3. The highest BCUT2D eigenvalue weighted by molar-refractivity contribution is 5.83. The molecular weight excluding hydrogens is 335 g/mol. The van der Waals surface area contributed by atoms with E-state index in [1.54, 1.807) is 36.4 Å². The van der Waals surface area contributed by atoms with Crippen LogP contribution in [-0.4, -0.2) is 31.4 Å². The van der Waals surface area contributed by atoms with Crippen LogP contribution in [0.3, 0.4) is 0 Å². The fourth-order valence-electron chi connectivity index (χ4n) is 3.00. The number of hydrogen-bond acceptors (Lipinski definition) is 6. The summed E-state index contributed by atoms with van der Waals surface area (Å²) in [6.45, 7) is 3.50. The van der Waals surface area contributed by atoms with Gasteiger partial charge in [0.25, 0.3) is 0 Å². The number of imidazole rings is 1. The van der Waals surface area contributed by atoms with Crippen molar-refractivity contribution in [3.8, 4) is 23.3 Å². The number of nitrogens with zero attached hydrogens (tertiary/aromatic N) is 6. The highest BCUT2D eigenvalue weighted by atomic mass is 19.1. The van der Waals surface area contributed by atoms with E-state index < -0.39 is 5.95 Å². The van der Waals surface area contributed by atoms with Crippen LogP contribution in [0.25, 0.3) is 28.1 Å². The molecule has 0 aromatic carbocycles. The molecule has 4 aromatic heterocycles. The summed E-state index contributed by atoms with van der Waals surface area (Å²) in [5.74, 6) is 0.372. The molecule has 0 spiro atoms. The van der Waals surface area contributed by atoms with Crippen molar-refractivity contribution in [1.82, 2.24) is 24.3 Å². The highest BCUT2D eigenvalue weighted by Crippen LogP contribution is 2.29. The van der Waals surface area contributed by atoms with Gasteiger partial charge in [-0.1, -0.05) is 0 Å². The van der Waals surface area contributed by atoms with Gasteiger partial charge in [-0.05, 0) is 32.0 Å². The van der Waals surface area contributed by atoms with E-state index in [0.717, 1.165) is 0 Å². The van der Waals surface area contributed by atoms with E-state index in [2.05, 4.69) is 26.0 Å². The van der Waals surface area contributed by atoms with E-state index in [4.69, 9.17) is 4.74 Å². The van der Waals surface area contributed by atoms with Gasteiger partial charge in [-0.15, -0.1) is 0 Å². The molecule has 0 N–H and O–H groups in total. The van der Waals surface area contributed by atoms with Gasteiger partial charge in [0.05, 0.1) is 18.5 Å². The standard InChI is InChI=1S/C18H13FN6O/c1-9-11(4-6-14(19)21-9)17-22-10(2)16-13(8-20)23-12-5-7-15(26-3)24-18(12)25(16)17/h4-7H,1-3H3. The van der Waals surface area contributed by atoms with Crippen molar-refractivity contribution in [3.05, 3.63) is 47.3 Å². The Morgan fingerprint density at radius 3 is 2.54 bits per heavy atom. The van der Waals surface area contributed by atoms with Gasteiger partial charge in [-0.3, -0.25) is 4.40 Å². The maximum Gasteiger partial charge on any atom is 0.215 e. The Kier molecular flexibility index (Phi) is 3.51. The van der Waals surface area contributed by atoms with Crippen LogP contribution in [0.4, 0.5) is 4.39 Å². The van der Waals surface area contributed by atoms with Gasteiger partial charge in [-0.2, -0.15) is 14.6 Å². The van der Waals surface area contributed by atoms with Gasteiger partial charge in [0.1, 0.15) is 22.9 Å². The summed E-state index contributed by atoms with van der Waals surface area (Å²) < 4.78 is 20.4. The Hall–Kier alpha value is -3.60. The number of methoxy groups -OCH3 is 1. The number of aromatic nitrogens is 5. The van der Waals surface area contributed by atoms with Crippen LogP contribution in [0.5, 0.6) is 5.88 Å². The topological polar surface area (TPSA) is 89.0 Å². The van der Waals surface area contributed by atoms with Crippen LogP contribution < -0.4 is 4.74 Å². The normalized spacial score (nSPS) is 11.0. The third kappa shape index (κ3) is 2.25. The zero-order valence-corrected chi connectivity index (χ0v) is 14.3. The van der Waals surface area contributed by atoms with Gasteiger partial charge in [0.15, 0.2) is 11.3 Å². The van der Waals surface area contributed by atoms with Gasteiger partial charge < -0.3 is 4.74 Å². The molecule has 4 rings (SSSR count). The second kappa shape index (κ2) is 5.74. The number of fused-ring (bicyclic) bond motifs is 3. The Morgan fingerprint density at radius 1 is 1.04 bits per heavy atom. The molecule has 8 heteroatoms. The van der Waals surface area contributed by atoms with E-state index in [1.807, 2.05) is 0 Å². The maximum atomic E-state index is 13.4. The van der Waals surface area contributed by atoms with E-state index in [1.165, 1.54) is 13.2 Å². The van der Waals surface area contributed by atoms with E-state index >= 15 is 0 Å². The summed E-state index contributed by atoms with van der Waals surface area (Å²) in [6.07, 6.45) is 0. The first-order chi connectivity index (χ1) is 12.5. The van der Waals surface area contributed by atoms with Crippen LogP contribution >= 0.6 is 0 Å². The molecule has 26 heavy (non-hydrogen) atoms. The molecule has 0 aliphatic heterocycles. The van der Waals surface area contributed by atoms with Crippen molar-refractivity contribution in [1.29, 1.82) is 5.26 Å². The second-order valence-corrected chi connectivity index (χ2v) is 5.74. The van der Waals surface area contributed by atoms with E-state index in [9.17, 15) is 9.65 Å². The fraction of sp³-hybridized carbons (Fsp3) is 0.167. The van der Waals surface area contributed by atoms with Crippen molar-refractivity contribution >= 4 is 16.7 Å². The van der Waals surface area contributed by atoms with E-state index in [0.29, 0.717) is 45.3 Å². The molecule has 0 aliphatic carbocycles. The quantitative estimate of drug-likeness (QED) is 0.517. The van der Waals surface area contributed by atoms with Crippen LogP contribution in [0.1, 0.15) is 17.1 Å². The minimum Gasteiger partial charge on any atom is -0.481 e. The lowest BCUT2D eigenvalue weighted by Gasteiger charge is -2.09. The van der Waals surface area contributed by atoms with Crippen molar-refractivity contribution in [2.24, 2.45) is 0 Å². The van der Waals surface area contributed by atoms with Crippen LogP contribution in [0, 0.1) is 31.1 Å². The zero-order valence-electron chi connectivity index (χ0n) is 14.3. The first kappa shape index (κ1) is 15.9. The number of hydrogen-bond donors (Lipinski definition) is 0. The predicted octanol–water partition coefficient (Wildman–Crippen LogP) is 2.98. The summed E-state index contributed by atoms with van der Waals surface area (Å²) in [5, 5.41) is 9.53. The number of nitriles is 1. The minimum atomic E-state index is -0.562. The molecule has 0 atom stereocenters. The third-order valence-electron chi connectivity index (χ3n) is 4.16. The third-order valence-corrected chi connectivity index (χ3v) is 4.16. The molecule has 0 fully saturated rings. The molecule has 128 valence electrons. The molecule has 4 aromatic rings. The Bertz CT molecular complexity index is 1220. The second-order valence-electron chi connectivity index (χ2n) is 5.74. The monoisotopic (exact) mass is 348 g/mol.